The summed E-state index contributed by atoms with van der Waals surface area (Å²) < 4.78 is 5.04. The van der Waals surface area contributed by atoms with Gasteiger partial charge >= 0.3 is 0 Å². The minimum atomic E-state index is 0.000975. The summed E-state index contributed by atoms with van der Waals surface area (Å²) in [5.41, 5.74) is 0.665. The van der Waals surface area contributed by atoms with Gasteiger partial charge < -0.3 is 4.74 Å². The molecule has 1 aromatic carbocycles. The molecule has 0 bridgehead atoms. The minimum Gasteiger partial charge on any atom is -0.497 e. The molecule has 0 amide bonds. The average Bonchev–Trinajstić information content (AvgIpc) is 2.89. The van der Waals surface area contributed by atoms with Crippen molar-refractivity contribution < 1.29 is 9.53 Å². The van der Waals surface area contributed by atoms with E-state index in [1.807, 2.05) is 23.6 Å². The lowest BCUT2D eigenvalue weighted by molar-refractivity contribution is 0.104. The Balaban J connectivity index is 2.09. The summed E-state index contributed by atoms with van der Waals surface area (Å²) in [6.07, 6.45) is 3.42. The number of hydrogen-bond donors (Lipinski definition) is 0. The van der Waals surface area contributed by atoms with Gasteiger partial charge in [-0.1, -0.05) is 6.07 Å². The lowest BCUT2D eigenvalue weighted by Gasteiger charge is -1.99. The summed E-state index contributed by atoms with van der Waals surface area (Å²) in [6, 6.07) is 11.0. The third kappa shape index (κ3) is 3.04. The van der Waals surface area contributed by atoms with Gasteiger partial charge in [0.2, 0.25) is 0 Å². The van der Waals surface area contributed by atoms with Gasteiger partial charge in [-0.15, -0.1) is 11.3 Å². The van der Waals surface area contributed by atoms with Crippen molar-refractivity contribution in [3.05, 3.63) is 58.3 Å². The fraction of sp³-hybridized carbons (Fsp3) is 0.0714. The van der Waals surface area contributed by atoms with Crippen LogP contribution in [0.4, 0.5) is 0 Å². The number of benzene rings is 1. The number of ketones is 1. The first-order chi connectivity index (χ1) is 8.29. The molecule has 0 atom stereocenters. The van der Waals surface area contributed by atoms with Crippen LogP contribution < -0.4 is 4.74 Å². The molecule has 0 saturated heterocycles. The topological polar surface area (TPSA) is 26.3 Å². The van der Waals surface area contributed by atoms with Crippen molar-refractivity contribution in [2.45, 2.75) is 0 Å². The molecule has 0 N–H and O–H groups in total. The Morgan fingerprint density at radius 1 is 1.24 bits per heavy atom. The summed E-state index contributed by atoms with van der Waals surface area (Å²) in [4.78, 5) is 12.9. The fourth-order valence-corrected chi connectivity index (χ4v) is 2.01. The normalized spacial score (nSPS) is 10.6. The van der Waals surface area contributed by atoms with E-state index in [-0.39, 0.29) is 5.78 Å². The Morgan fingerprint density at radius 2 is 2.00 bits per heavy atom. The summed E-state index contributed by atoms with van der Waals surface area (Å²) in [6.45, 7) is 0. The second-order valence-corrected chi connectivity index (χ2v) is 4.42. The number of carbonyl (C=O) groups excluding carboxylic acids is 1. The lowest BCUT2D eigenvalue weighted by atomic mass is 10.1. The van der Waals surface area contributed by atoms with Crippen molar-refractivity contribution >= 4 is 23.2 Å². The molecular formula is C14H12O2S. The van der Waals surface area contributed by atoms with Crippen LogP contribution in [0.25, 0.3) is 6.08 Å². The number of methoxy groups -OCH3 is 1. The molecule has 0 unspecified atom stereocenters. The monoisotopic (exact) mass is 244 g/mol. The zero-order chi connectivity index (χ0) is 12.1. The SMILES string of the molecule is COc1ccc(C(=O)/C=C/c2cccs2)cc1. The summed E-state index contributed by atoms with van der Waals surface area (Å²) in [5, 5.41) is 1.98. The van der Waals surface area contributed by atoms with Gasteiger partial charge in [0.15, 0.2) is 5.78 Å². The average molecular weight is 244 g/mol. The summed E-state index contributed by atoms with van der Waals surface area (Å²) in [5.74, 6) is 0.754. The molecule has 0 radical (unpaired) electrons. The minimum absolute atomic E-state index is 0.000975. The Hall–Kier alpha value is -1.87. The van der Waals surface area contributed by atoms with E-state index in [2.05, 4.69) is 0 Å². The number of thiophene rings is 1. The fourth-order valence-electron chi connectivity index (χ4n) is 1.40. The number of allylic oxidation sites excluding steroid dienone is 1. The van der Waals surface area contributed by atoms with Gasteiger partial charge in [0, 0.05) is 10.4 Å². The van der Waals surface area contributed by atoms with E-state index in [0.29, 0.717) is 5.56 Å². The molecular weight excluding hydrogens is 232 g/mol. The van der Waals surface area contributed by atoms with Crippen LogP contribution >= 0.6 is 11.3 Å². The molecule has 0 spiro atoms. The Labute approximate surface area is 104 Å². The van der Waals surface area contributed by atoms with Crippen LogP contribution in [-0.4, -0.2) is 12.9 Å². The van der Waals surface area contributed by atoms with Gasteiger partial charge in [0.05, 0.1) is 7.11 Å². The number of hydrogen-bond acceptors (Lipinski definition) is 3. The maximum Gasteiger partial charge on any atom is 0.185 e. The van der Waals surface area contributed by atoms with E-state index in [4.69, 9.17) is 4.74 Å². The zero-order valence-electron chi connectivity index (χ0n) is 9.42. The highest BCUT2D eigenvalue weighted by molar-refractivity contribution is 7.10. The van der Waals surface area contributed by atoms with Crippen LogP contribution in [0.3, 0.4) is 0 Å². The molecule has 2 nitrogen and oxygen atoms in total. The quantitative estimate of drug-likeness (QED) is 0.606. The predicted molar refractivity (Wildman–Crippen MR) is 70.7 cm³/mol. The molecule has 1 heterocycles. The maximum atomic E-state index is 11.8. The van der Waals surface area contributed by atoms with E-state index < -0.39 is 0 Å². The van der Waals surface area contributed by atoms with Crippen molar-refractivity contribution in [2.75, 3.05) is 7.11 Å². The van der Waals surface area contributed by atoms with Crippen LogP contribution in [0.2, 0.25) is 0 Å². The molecule has 0 aliphatic heterocycles. The van der Waals surface area contributed by atoms with Gasteiger partial charge in [-0.3, -0.25) is 4.79 Å². The van der Waals surface area contributed by atoms with Crippen LogP contribution in [-0.2, 0) is 0 Å². The third-order valence-electron chi connectivity index (χ3n) is 2.32. The molecule has 2 rings (SSSR count). The van der Waals surface area contributed by atoms with Crippen molar-refractivity contribution in [1.29, 1.82) is 0 Å². The van der Waals surface area contributed by atoms with E-state index >= 15 is 0 Å². The first-order valence-corrected chi connectivity index (χ1v) is 6.07. The van der Waals surface area contributed by atoms with Gasteiger partial charge in [-0.05, 0) is 47.9 Å². The van der Waals surface area contributed by atoms with Crippen LogP contribution in [0.1, 0.15) is 15.2 Å². The largest absolute Gasteiger partial charge is 0.497 e. The first kappa shape index (κ1) is 11.6. The van der Waals surface area contributed by atoms with E-state index in [1.165, 1.54) is 0 Å². The zero-order valence-corrected chi connectivity index (χ0v) is 10.2. The molecule has 3 heteroatoms. The highest BCUT2D eigenvalue weighted by atomic mass is 32.1. The molecule has 0 fully saturated rings. The molecule has 1 aromatic heterocycles. The molecule has 17 heavy (non-hydrogen) atoms. The standard InChI is InChI=1S/C14H12O2S/c1-16-12-6-4-11(5-7-12)14(15)9-8-13-3-2-10-17-13/h2-10H,1H3/b9-8+. The Morgan fingerprint density at radius 3 is 2.59 bits per heavy atom. The van der Waals surface area contributed by atoms with Crippen molar-refractivity contribution in [2.24, 2.45) is 0 Å². The summed E-state index contributed by atoms with van der Waals surface area (Å²) >= 11 is 1.61. The van der Waals surface area contributed by atoms with Crippen molar-refractivity contribution in [3.63, 3.8) is 0 Å². The lowest BCUT2D eigenvalue weighted by Crippen LogP contribution is -1.93. The van der Waals surface area contributed by atoms with E-state index in [9.17, 15) is 4.79 Å². The van der Waals surface area contributed by atoms with Crippen molar-refractivity contribution in [3.8, 4) is 5.75 Å². The molecule has 2 aromatic rings. The number of rotatable bonds is 4. The van der Waals surface area contributed by atoms with Gasteiger partial charge in [-0.2, -0.15) is 0 Å². The maximum absolute atomic E-state index is 11.8. The van der Waals surface area contributed by atoms with Crippen LogP contribution in [0.5, 0.6) is 5.75 Å². The van der Waals surface area contributed by atoms with Crippen LogP contribution in [0.15, 0.2) is 47.9 Å². The summed E-state index contributed by atoms with van der Waals surface area (Å²) in [7, 11) is 1.60. The second-order valence-electron chi connectivity index (χ2n) is 3.44. The van der Waals surface area contributed by atoms with E-state index in [1.54, 1.807) is 48.8 Å². The Bertz CT molecular complexity index is 510. The molecule has 0 aliphatic carbocycles. The molecule has 86 valence electrons. The third-order valence-corrected chi connectivity index (χ3v) is 3.15. The van der Waals surface area contributed by atoms with Crippen LogP contribution in [0, 0.1) is 0 Å². The molecule has 0 saturated carbocycles. The highest BCUT2D eigenvalue weighted by Crippen LogP contribution is 2.14. The van der Waals surface area contributed by atoms with Gasteiger partial charge in [0.25, 0.3) is 0 Å². The first-order valence-electron chi connectivity index (χ1n) is 5.19. The number of ether oxygens (including phenoxy) is 1. The Kier molecular flexibility index (Phi) is 3.73. The van der Waals surface area contributed by atoms with E-state index in [0.717, 1.165) is 10.6 Å². The van der Waals surface area contributed by atoms with Gasteiger partial charge in [0.1, 0.15) is 5.75 Å². The second kappa shape index (κ2) is 5.46. The molecule has 0 aliphatic rings. The predicted octanol–water partition coefficient (Wildman–Crippen LogP) is 3.65. The highest BCUT2D eigenvalue weighted by Gasteiger charge is 2.01. The number of carbonyl (C=O) groups is 1. The van der Waals surface area contributed by atoms with Crippen molar-refractivity contribution in [1.82, 2.24) is 0 Å². The smallest absolute Gasteiger partial charge is 0.185 e. The van der Waals surface area contributed by atoms with Gasteiger partial charge in [-0.25, -0.2) is 0 Å².